The number of aromatic nitrogens is 2. The van der Waals surface area contributed by atoms with Gasteiger partial charge in [0.25, 0.3) is 0 Å². The van der Waals surface area contributed by atoms with Gasteiger partial charge in [0, 0.05) is 12.3 Å². The number of nitrogens with one attached hydrogen (secondary N) is 1. The van der Waals surface area contributed by atoms with Gasteiger partial charge in [0.2, 0.25) is 0 Å². The lowest BCUT2D eigenvalue weighted by atomic mass is 9.79. The van der Waals surface area contributed by atoms with Crippen LogP contribution in [0.4, 0.5) is 0 Å². The van der Waals surface area contributed by atoms with Crippen LogP contribution >= 0.6 is 28.1 Å². The molecule has 2 rings (SSSR count). The quantitative estimate of drug-likeness (QED) is 0.777. The Bertz CT molecular complexity index is 521. The van der Waals surface area contributed by atoms with E-state index >= 15 is 0 Å². The van der Waals surface area contributed by atoms with Gasteiger partial charge in [-0.2, -0.15) is 0 Å². The molecule has 1 aromatic rings. The van der Waals surface area contributed by atoms with E-state index in [9.17, 15) is 0 Å². The first kappa shape index (κ1) is 16.1. The van der Waals surface area contributed by atoms with Crippen LogP contribution in [0.25, 0.3) is 0 Å². The summed E-state index contributed by atoms with van der Waals surface area (Å²) < 4.78 is 7.69. The Morgan fingerprint density at radius 1 is 1.40 bits per heavy atom. The highest BCUT2D eigenvalue weighted by Crippen LogP contribution is 2.41. The summed E-state index contributed by atoms with van der Waals surface area (Å²) in [7, 11) is 0. The van der Waals surface area contributed by atoms with Crippen LogP contribution in [-0.4, -0.2) is 16.6 Å². The average molecular weight is 359 g/mol. The molecule has 5 heteroatoms. The van der Waals surface area contributed by atoms with Crippen molar-refractivity contribution in [2.24, 2.45) is 5.92 Å². The Kier molecular flexibility index (Phi) is 5.37. The zero-order valence-electron chi connectivity index (χ0n) is 12.5. The molecule has 1 heterocycles. The fraction of sp³-hybridized carbons (Fsp3) is 0.733. The van der Waals surface area contributed by atoms with E-state index in [-0.39, 0.29) is 5.60 Å². The van der Waals surface area contributed by atoms with Crippen LogP contribution in [0.15, 0.2) is 4.47 Å². The number of hydrogen-bond acceptors (Lipinski definition) is 3. The number of halogens is 1. The summed E-state index contributed by atoms with van der Waals surface area (Å²) in [6.07, 6.45) is 5.30. The molecule has 0 aromatic carbocycles. The molecule has 20 heavy (non-hydrogen) atoms. The third-order valence-electron chi connectivity index (χ3n) is 4.22. The second kappa shape index (κ2) is 6.67. The van der Waals surface area contributed by atoms with Crippen molar-refractivity contribution in [1.82, 2.24) is 9.97 Å². The maximum absolute atomic E-state index is 6.14. The zero-order valence-corrected chi connectivity index (χ0v) is 14.9. The van der Waals surface area contributed by atoms with Crippen molar-refractivity contribution in [2.45, 2.75) is 58.5 Å². The van der Waals surface area contributed by atoms with Gasteiger partial charge in [0.1, 0.15) is 16.1 Å². The van der Waals surface area contributed by atoms with E-state index in [4.69, 9.17) is 17.0 Å². The Morgan fingerprint density at radius 2 is 2.05 bits per heavy atom. The molecular weight excluding hydrogens is 336 g/mol. The summed E-state index contributed by atoms with van der Waals surface area (Å²) in [4.78, 5) is 8.07. The molecule has 0 saturated heterocycles. The van der Waals surface area contributed by atoms with Gasteiger partial charge >= 0.3 is 0 Å². The van der Waals surface area contributed by atoms with Crippen LogP contribution < -0.4 is 0 Å². The predicted molar refractivity (Wildman–Crippen MR) is 87.4 cm³/mol. The maximum atomic E-state index is 6.14. The van der Waals surface area contributed by atoms with Gasteiger partial charge in [-0.1, -0.05) is 26.1 Å². The van der Waals surface area contributed by atoms with Gasteiger partial charge in [-0.25, -0.2) is 4.98 Å². The van der Waals surface area contributed by atoms with Crippen molar-refractivity contribution in [3.8, 4) is 0 Å². The molecule has 1 aliphatic carbocycles. The summed E-state index contributed by atoms with van der Waals surface area (Å²) in [5.41, 5.74) is 0.831. The smallest absolute Gasteiger partial charge is 0.144 e. The van der Waals surface area contributed by atoms with E-state index in [0.717, 1.165) is 41.2 Å². The monoisotopic (exact) mass is 358 g/mol. The molecule has 0 amide bonds. The van der Waals surface area contributed by atoms with Crippen molar-refractivity contribution in [3.63, 3.8) is 0 Å². The van der Waals surface area contributed by atoms with Crippen LogP contribution in [0.1, 0.15) is 58.0 Å². The van der Waals surface area contributed by atoms with Crippen LogP contribution in [0.5, 0.6) is 0 Å². The lowest BCUT2D eigenvalue weighted by Crippen LogP contribution is -2.36. The van der Waals surface area contributed by atoms with Gasteiger partial charge < -0.3 is 9.72 Å². The lowest BCUT2D eigenvalue weighted by molar-refractivity contribution is -0.0839. The lowest BCUT2D eigenvalue weighted by Gasteiger charge is -2.38. The van der Waals surface area contributed by atoms with E-state index in [1.807, 2.05) is 6.92 Å². The molecule has 0 bridgehead atoms. The molecule has 1 aromatic heterocycles. The number of nitrogens with zero attached hydrogens (tertiary/aromatic N) is 1. The number of H-pyrrole nitrogens is 1. The minimum absolute atomic E-state index is 0.278. The molecule has 0 unspecified atom stereocenters. The van der Waals surface area contributed by atoms with Gasteiger partial charge in [0.05, 0.1) is 4.47 Å². The largest absolute Gasteiger partial charge is 0.367 e. The molecule has 0 radical (unpaired) electrons. The molecule has 1 N–H and O–H groups in total. The number of ether oxygens (including phenoxy) is 1. The summed E-state index contributed by atoms with van der Waals surface area (Å²) in [5, 5.41) is 0. The number of aromatic amines is 1. The first-order valence-electron chi connectivity index (χ1n) is 7.45. The first-order valence-corrected chi connectivity index (χ1v) is 8.65. The second-order valence-electron chi connectivity index (χ2n) is 5.65. The second-order valence-corrected chi connectivity index (χ2v) is 6.83. The van der Waals surface area contributed by atoms with E-state index in [2.05, 4.69) is 39.7 Å². The van der Waals surface area contributed by atoms with E-state index in [1.54, 1.807) is 0 Å². The van der Waals surface area contributed by atoms with E-state index in [1.165, 1.54) is 12.8 Å². The molecular formula is C15H23BrN2OS. The van der Waals surface area contributed by atoms with Crippen molar-refractivity contribution < 1.29 is 4.74 Å². The summed E-state index contributed by atoms with van der Waals surface area (Å²) >= 11 is 8.91. The first-order chi connectivity index (χ1) is 9.52. The molecule has 0 spiro atoms. The number of hydrogen-bond donors (Lipinski definition) is 1. The molecule has 1 fully saturated rings. The SMILES string of the molecule is CCOC1(c2nc(=S)c(Br)c(CC)[nH]2)CCC(C)CC1. The molecule has 3 nitrogen and oxygen atoms in total. The summed E-state index contributed by atoms with van der Waals surface area (Å²) in [6, 6.07) is 0. The minimum atomic E-state index is -0.278. The van der Waals surface area contributed by atoms with Gasteiger partial charge in [-0.05, 0) is 60.9 Å². The number of rotatable bonds is 4. The highest BCUT2D eigenvalue weighted by atomic mass is 79.9. The Labute approximate surface area is 134 Å². The third kappa shape index (κ3) is 3.15. The normalized spacial score (nSPS) is 26.7. The van der Waals surface area contributed by atoms with E-state index < -0.39 is 0 Å². The summed E-state index contributed by atoms with van der Waals surface area (Å²) in [5.74, 6) is 1.68. The van der Waals surface area contributed by atoms with E-state index in [0.29, 0.717) is 11.2 Å². The Balaban J connectivity index is 2.44. The van der Waals surface area contributed by atoms with Crippen LogP contribution in [0.2, 0.25) is 0 Å². The standard InChI is InChI=1S/C15H23BrN2OS/c1-4-11-12(16)13(20)18-14(17-11)15(19-5-2)8-6-10(3)7-9-15/h10H,4-9H2,1-3H3,(H,17,18,20). The predicted octanol–water partition coefficient (Wildman–Crippen LogP) is 4.91. The molecule has 112 valence electrons. The van der Waals surface area contributed by atoms with Crippen LogP contribution in [0, 0.1) is 10.6 Å². The highest BCUT2D eigenvalue weighted by Gasteiger charge is 2.39. The number of aryl methyl sites for hydroxylation is 1. The van der Waals surface area contributed by atoms with Crippen LogP contribution in [0.3, 0.4) is 0 Å². The average Bonchev–Trinajstić information content (AvgIpc) is 2.44. The molecule has 1 aliphatic rings. The third-order valence-corrected chi connectivity index (χ3v) is 5.64. The molecule has 1 saturated carbocycles. The topological polar surface area (TPSA) is 37.9 Å². The van der Waals surface area contributed by atoms with Crippen LogP contribution in [-0.2, 0) is 16.8 Å². The molecule has 0 atom stereocenters. The zero-order chi connectivity index (χ0) is 14.8. The molecule has 0 aliphatic heterocycles. The van der Waals surface area contributed by atoms with Crippen molar-refractivity contribution in [1.29, 1.82) is 0 Å². The summed E-state index contributed by atoms with van der Waals surface area (Å²) in [6.45, 7) is 7.18. The minimum Gasteiger partial charge on any atom is -0.367 e. The van der Waals surface area contributed by atoms with Gasteiger partial charge in [0.15, 0.2) is 0 Å². The fourth-order valence-electron chi connectivity index (χ4n) is 2.92. The highest BCUT2D eigenvalue weighted by molar-refractivity contribution is 9.10. The Morgan fingerprint density at radius 3 is 2.60 bits per heavy atom. The van der Waals surface area contributed by atoms with Gasteiger partial charge in [-0.15, -0.1) is 0 Å². The van der Waals surface area contributed by atoms with Crippen molar-refractivity contribution >= 4 is 28.1 Å². The van der Waals surface area contributed by atoms with Crippen molar-refractivity contribution in [3.05, 3.63) is 20.6 Å². The Hall–Kier alpha value is -0.260. The van der Waals surface area contributed by atoms with Crippen molar-refractivity contribution in [2.75, 3.05) is 6.61 Å². The fourth-order valence-corrected chi connectivity index (χ4v) is 3.60. The maximum Gasteiger partial charge on any atom is 0.144 e. The van der Waals surface area contributed by atoms with Gasteiger partial charge in [-0.3, -0.25) is 0 Å².